The van der Waals surface area contributed by atoms with E-state index in [1.807, 2.05) is 37.3 Å². The van der Waals surface area contributed by atoms with Gasteiger partial charge in [0, 0.05) is 18.7 Å². The molecule has 21 heavy (non-hydrogen) atoms. The summed E-state index contributed by atoms with van der Waals surface area (Å²) in [5.74, 6) is 0.749. The Morgan fingerprint density at radius 2 is 2.10 bits per heavy atom. The first-order valence-electron chi connectivity index (χ1n) is 6.95. The molecule has 110 valence electrons. The molecule has 0 bridgehead atoms. The molecule has 0 unspecified atom stereocenters. The summed E-state index contributed by atoms with van der Waals surface area (Å²) in [6, 6.07) is 11.2. The van der Waals surface area contributed by atoms with Gasteiger partial charge in [0.15, 0.2) is 0 Å². The number of benzene rings is 1. The highest BCUT2D eigenvalue weighted by Gasteiger charge is 2.03. The molecule has 1 amide bonds. The van der Waals surface area contributed by atoms with E-state index in [0.717, 1.165) is 24.3 Å². The fraction of sp³-hybridized carbons (Fsp3) is 0.250. The zero-order valence-electron chi connectivity index (χ0n) is 12.1. The summed E-state index contributed by atoms with van der Waals surface area (Å²) in [4.78, 5) is 16.1. The number of aryl methyl sites for hydroxylation is 1. The van der Waals surface area contributed by atoms with Crippen molar-refractivity contribution < 1.29 is 4.79 Å². The van der Waals surface area contributed by atoms with Crippen LogP contribution in [0.25, 0.3) is 0 Å². The Morgan fingerprint density at radius 3 is 2.81 bits per heavy atom. The molecule has 1 aromatic heterocycles. The van der Waals surface area contributed by atoms with Gasteiger partial charge in [0.1, 0.15) is 5.82 Å². The average Bonchev–Trinajstić information content (AvgIpc) is 2.48. The first kappa shape index (κ1) is 14.8. The van der Waals surface area contributed by atoms with Crippen LogP contribution < -0.4 is 16.4 Å². The second-order valence-electron chi connectivity index (χ2n) is 4.88. The standard InChI is InChI=1S/C16H20N4O/c1-12-4-2-5-13(10-12)16(21)19-9-3-8-18-15-7-6-14(17)11-20-15/h2,4-7,10-11H,3,8-9,17H2,1H3,(H,18,20)(H,19,21). The van der Waals surface area contributed by atoms with Gasteiger partial charge in [0.05, 0.1) is 11.9 Å². The van der Waals surface area contributed by atoms with E-state index in [-0.39, 0.29) is 5.91 Å². The van der Waals surface area contributed by atoms with Gasteiger partial charge in [-0.2, -0.15) is 0 Å². The number of carbonyl (C=O) groups is 1. The van der Waals surface area contributed by atoms with E-state index in [4.69, 9.17) is 5.73 Å². The summed E-state index contributed by atoms with van der Waals surface area (Å²) in [5, 5.41) is 6.08. The number of nitrogens with zero attached hydrogens (tertiary/aromatic N) is 1. The van der Waals surface area contributed by atoms with Gasteiger partial charge in [-0.1, -0.05) is 17.7 Å². The summed E-state index contributed by atoms with van der Waals surface area (Å²) in [5.41, 5.74) is 7.99. The molecule has 1 heterocycles. The predicted molar refractivity (Wildman–Crippen MR) is 85.3 cm³/mol. The van der Waals surface area contributed by atoms with E-state index in [9.17, 15) is 4.79 Å². The number of nitrogen functional groups attached to an aromatic ring is 1. The molecule has 2 aromatic rings. The zero-order chi connectivity index (χ0) is 15.1. The second kappa shape index (κ2) is 7.28. The number of nitrogens with one attached hydrogen (secondary N) is 2. The predicted octanol–water partition coefficient (Wildman–Crippen LogP) is 2.20. The topological polar surface area (TPSA) is 80.0 Å². The first-order chi connectivity index (χ1) is 10.1. The van der Waals surface area contributed by atoms with Gasteiger partial charge in [-0.15, -0.1) is 0 Å². The lowest BCUT2D eigenvalue weighted by molar-refractivity contribution is 0.0953. The molecule has 0 radical (unpaired) electrons. The molecular weight excluding hydrogens is 264 g/mol. The van der Waals surface area contributed by atoms with Crippen LogP contribution in [0.3, 0.4) is 0 Å². The van der Waals surface area contributed by atoms with Crippen molar-refractivity contribution in [1.82, 2.24) is 10.3 Å². The fourth-order valence-corrected chi connectivity index (χ4v) is 1.91. The number of nitrogens with two attached hydrogens (primary N) is 1. The van der Waals surface area contributed by atoms with Crippen LogP contribution in [0.2, 0.25) is 0 Å². The summed E-state index contributed by atoms with van der Waals surface area (Å²) in [6.45, 7) is 3.33. The number of carbonyl (C=O) groups excluding carboxylic acids is 1. The Bertz CT molecular complexity index is 595. The van der Waals surface area contributed by atoms with Crippen molar-refractivity contribution in [3.05, 3.63) is 53.7 Å². The van der Waals surface area contributed by atoms with E-state index in [1.54, 1.807) is 12.3 Å². The number of hydrogen-bond acceptors (Lipinski definition) is 4. The van der Waals surface area contributed by atoms with E-state index < -0.39 is 0 Å². The minimum Gasteiger partial charge on any atom is -0.397 e. The van der Waals surface area contributed by atoms with E-state index in [0.29, 0.717) is 17.8 Å². The van der Waals surface area contributed by atoms with Crippen molar-refractivity contribution in [3.63, 3.8) is 0 Å². The van der Waals surface area contributed by atoms with Crippen LogP contribution in [0.5, 0.6) is 0 Å². The lowest BCUT2D eigenvalue weighted by Gasteiger charge is -2.07. The normalized spacial score (nSPS) is 10.1. The largest absolute Gasteiger partial charge is 0.397 e. The number of pyridine rings is 1. The summed E-state index contributed by atoms with van der Waals surface area (Å²) < 4.78 is 0. The van der Waals surface area contributed by atoms with Crippen LogP contribution in [0.4, 0.5) is 11.5 Å². The third-order valence-electron chi connectivity index (χ3n) is 3.01. The molecule has 0 aliphatic carbocycles. The summed E-state index contributed by atoms with van der Waals surface area (Å²) >= 11 is 0. The molecule has 0 atom stereocenters. The first-order valence-corrected chi connectivity index (χ1v) is 6.95. The van der Waals surface area contributed by atoms with Crippen molar-refractivity contribution in [3.8, 4) is 0 Å². The smallest absolute Gasteiger partial charge is 0.251 e. The van der Waals surface area contributed by atoms with E-state index >= 15 is 0 Å². The molecule has 0 saturated heterocycles. The van der Waals surface area contributed by atoms with Gasteiger partial charge in [0.2, 0.25) is 0 Å². The highest BCUT2D eigenvalue weighted by atomic mass is 16.1. The molecule has 0 aliphatic rings. The van der Waals surface area contributed by atoms with E-state index in [2.05, 4.69) is 15.6 Å². The second-order valence-corrected chi connectivity index (χ2v) is 4.88. The average molecular weight is 284 g/mol. The van der Waals surface area contributed by atoms with Crippen molar-refractivity contribution >= 4 is 17.4 Å². The molecule has 2 rings (SSSR count). The van der Waals surface area contributed by atoms with Crippen LogP contribution in [-0.2, 0) is 0 Å². The van der Waals surface area contributed by atoms with Gasteiger partial charge in [-0.3, -0.25) is 4.79 Å². The SMILES string of the molecule is Cc1cccc(C(=O)NCCCNc2ccc(N)cn2)c1. The Balaban J connectivity index is 1.68. The van der Waals surface area contributed by atoms with Crippen molar-refractivity contribution in [2.24, 2.45) is 0 Å². The Morgan fingerprint density at radius 1 is 1.24 bits per heavy atom. The monoisotopic (exact) mass is 284 g/mol. The summed E-state index contributed by atoms with van der Waals surface area (Å²) in [6.07, 6.45) is 2.44. The molecule has 5 nitrogen and oxygen atoms in total. The van der Waals surface area contributed by atoms with Gasteiger partial charge < -0.3 is 16.4 Å². The van der Waals surface area contributed by atoms with Gasteiger partial charge in [-0.05, 0) is 37.6 Å². The van der Waals surface area contributed by atoms with Crippen LogP contribution >= 0.6 is 0 Å². The number of rotatable bonds is 6. The van der Waals surface area contributed by atoms with Crippen LogP contribution in [-0.4, -0.2) is 24.0 Å². The highest BCUT2D eigenvalue weighted by Crippen LogP contribution is 2.06. The maximum absolute atomic E-state index is 11.9. The number of anilines is 2. The van der Waals surface area contributed by atoms with Gasteiger partial charge in [0.25, 0.3) is 5.91 Å². The molecule has 0 aliphatic heterocycles. The minimum atomic E-state index is -0.0377. The van der Waals surface area contributed by atoms with Crippen molar-refractivity contribution in [1.29, 1.82) is 0 Å². The highest BCUT2D eigenvalue weighted by molar-refractivity contribution is 5.94. The van der Waals surface area contributed by atoms with E-state index in [1.165, 1.54) is 0 Å². The Kier molecular flexibility index (Phi) is 5.15. The third-order valence-corrected chi connectivity index (χ3v) is 3.01. The number of hydrogen-bond donors (Lipinski definition) is 3. The molecular formula is C16H20N4O. The molecule has 0 spiro atoms. The summed E-state index contributed by atoms with van der Waals surface area (Å²) in [7, 11) is 0. The fourth-order valence-electron chi connectivity index (χ4n) is 1.91. The Hall–Kier alpha value is -2.56. The molecule has 0 fully saturated rings. The quantitative estimate of drug-likeness (QED) is 0.710. The van der Waals surface area contributed by atoms with Gasteiger partial charge in [-0.25, -0.2) is 4.98 Å². The molecule has 0 saturated carbocycles. The van der Waals surface area contributed by atoms with Crippen LogP contribution in [0.15, 0.2) is 42.6 Å². The van der Waals surface area contributed by atoms with Crippen molar-refractivity contribution in [2.75, 3.05) is 24.1 Å². The number of amides is 1. The lowest BCUT2D eigenvalue weighted by atomic mass is 10.1. The molecule has 4 N–H and O–H groups in total. The number of aromatic nitrogens is 1. The van der Waals surface area contributed by atoms with Gasteiger partial charge >= 0.3 is 0 Å². The third kappa shape index (κ3) is 4.80. The van der Waals surface area contributed by atoms with Crippen molar-refractivity contribution in [2.45, 2.75) is 13.3 Å². The molecule has 5 heteroatoms. The minimum absolute atomic E-state index is 0.0377. The maximum Gasteiger partial charge on any atom is 0.251 e. The van der Waals surface area contributed by atoms with Crippen LogP contribution in [0.1, 0.15) is 22.3 Å². The zero-order valence-corrected chi connectivity index (χ0v) is 12.1. The lowest BCUT2D eigenvalue weighted by Crippen LogP contribution is -2.25. The van der Waals surface area contributed by atoms with Crippen LogP contribution in [0, 0.1) is 6.92 Å². The molecule has 1 aromatic carbocycles. The maximum atomic E-state index is 11.9. The Labute approximate surface area is 124 Å².